The summed E-state index contributed by atoms with van der Waals surface area (Å²) >= 11 is 0. The minimum absolute atomic E-state index is 0. The Hall–Kier alpha value is -2.42. The van der Waals surface area contributed by atoms with E-state index in [1.807, 2.05) is 18.2 Å². The number of aryl methyl sites for hydroxylation is 1. The van der Waals surface area contributed by atoms with Crippen LogP contribution in [0.25, 0.3) is 10.9 Å². The number of nitrogens with zero attached hydrogens (tertiary/aromatic N) is 1. The van der Waals surface area contributed by atoms with Crippen molar-refractivity contribution in [2.24, 2.45) is 4.99 Å². The summed E-state index contributed by atoms with van der Waals surface area (Å²) in [4.78, 5) is 7.74. The van der Waals surface area contributed by atoms with Gasteiger partial charge in [0.1, 0.15) is 0 Å². The number of nitrogens with one attached hydrogen (secondary N) is 3. The van der Waals surface area contributed by atoms with Crippen molar-refractivity contribution < 1.29 is 9.47 Å². The van der Waals surface area contributed by atoms with Gasteiger partial charge in [0.25, 0.3) is 0 Å². The summed E-state index contributed by atoms with van der Waals surface area (Å²) in [5.74, 6) is 2.08. The zero-order valence-electron chi connectivity index (χ0n) is 16.6. The van der Waals surface area contributed by atoms with Crippen molar-refractivity contribution in [2.75, 3.05) is 33.1 Å². The van der Waals surface area contributed by atoms with Crippen molar-refractivity contribution in [1.29, 1.82) is 0 Å². The average Bonchev–Trinajstić information content (AvgIpc) is 3.02. The molecule has 1 heterocycles. The van der Waals surface area contributed by atoms with Crippen LogP contribution in [0.4, 0.5) is 5.69 Å². The molecule has 28 heavy (non-hydrogen) atoms. The molecule has 0 saturated carbocycles. The number of methoxy groups -OCH3 is 2. The predicted molar refractivity (Wildman–Crippen MR) is 127 cm³/mol. The molecule has 0 radical (unpaired) electrons. The fourth-order valence-corrected chi connectivity index (χ4v) is 3.19. The lowest BCUT2D eigenvalue weighted by molar-refractivity contribution is 0.355. The smallest absolute Gasteiger partial charge is 0.195 e. The molecule has 150 valence electrons. The quantitative estimate of drug-likeness (QED) is 0.271. The highest BCUT2D eigenvalue weighted by atomic mass is 127. The number of hydrogen-bond acceptors (Lipinski definition) is 3. The number of aromatic amines is 1. The Morgan fingerprint density at radius 2 is 1.82 bits per heavy atom. The third-order valence-electron chi connectivity index (χ3n) is 4.56. The first-order chi connectivity index (χ1) is 13.2. The third kappa shape index (κ3) is 4.89. The van der Waals surface area contributed by atoms with E-state index in [4.69, 9.17) is 9.47 Å². The van der Waals surface area contributed by atoms with Gasteiger partial charge in [0.15, 0.2) is 17.5 Å². The second kappa shape index (κ2) is 10.2. The Labute approximate surface area is 182 Å². The maximum Gasteiger partial charge on any atom is 0.195 e. The number of para-hydroxylation sites is 1. The van der Waals surface area contributed by atoms with Gasteiger partial charge in [-0.1, -0.05) is 18.2 Å². The highest BCUT2D eigenvalue weighted by Crippen LogP contribution is 2.29. The Morgan fingerprint density at radius 3 is 2.54 bits per heavy atom. The van der Waals surface area contributed by atoms with Crippen LogP contribution in [0.5, 0.6) is 11.5 Å². The lowest BCUT2D eigenvalue weighted by Gasteiger charge is -2.14. The number of rotatable bonds is 6. The molecule has 1 aromatic heterocycles. The number of hydrogen-bond donors (Lipinski definition) is 3. The summed E-state index contributed by atoms with van der Waals surface area (Å²) in [6, 6.07) is 14.1. The van der Waals surface area contributed by atoms with Crippen LogP contribution < -0.4 is 20.1 Å². The minimum Gasteiger partial charge on any atom is -0.493 e. The minimum atomic E-state index is 0. The molecule has 3 N–H and O–H groups in total. The molecule has 0 saturated heterocycles. The molecule has 0 spiro atoms. The van der Waals surface area contributed by atoms with Gasteiger partial charge in [0.2, 0.25) is 0 Å². The van der Waals surface area contributed by atoms with E-state index < -0.39 is 0 Å². The molecule has 3 aromatic rings. The first-order valence-corrected chi connectivity index (χ1v) is 8.92. The van der Waals surface area contributed by atoms with E-state index in [1.54, 1.807) is 21.3 Å². The molecule has 7 heteroatoms. The Balaban J connectivity index is 0.00000280. The number of H-pyrrole nitrogens is 1. The van der Waals surface area contributed by atoms with Crippen molar-refractivity contribution in [3.8, 4) is 11.5 Å². The van der Waals surface area contributed by atoms with Gasteiger partial charge in [0.05, 0.1) is 14.2 Å². The lowest BCUT2D eigenvalue weighted by atomic mass is 10.1. The predicted octanol–water partition coefficient (Wildman–Crippen LogP) is 4.34. The number of aromatic nitrogens is 1. The first-order valence-electron chi connectivity index (χ1n) is 8.92. The molecular weight excluding hydrogens is 467 g/mol. The SMILES string of the molecule is CN=C(NCCc1c(C)[nH]c2ccccc12)Nc1ccc(OC)c(OC)c1.I. The summed E-state index contributed by atoms with van der Waals surface area (Å²) < 4.78 is 10.6. The standard InChI is InChI=1S/C21H26N4O2.HI/c1-14-16(17-7-5-6-8-18(17)24-14)11-12-23-21(22-2)25-15-9-10-19(26-3)20(13-15)27-4;/h5-10,13,24H,11-12H2,1-4H3,(H2,22,23,25);1H. The second-order valence-corrected chi connectivity index (χ2v) is 6.22. The third-order valence-corrected chi connectivity index (χ3v) is 4.56. The summed E-state index contributed by atoms with van der Waals surface area (Å²) in [5.41, 5.74) is 4.60. The van der Waals surface area contributed by atoms with Crippen LogP contribution in [-0.4, -0.2) is 38.8 Å². The largest absolute Gasteiger partial charge is 0.493 e. The maximum absolute atomic E-state index is 5.35. The molecule has 0 fully saturated rings. The zero-order valence-corrected chi connectivity index (χ0v) is 19.0. The van der Waals surface area contributed by atoms with Crippen molar-refractivity contribution >= 4 is 46.5 Å². The second-order valence-electron chi connectivity index (χ2n) is 6.22. The molecule has 0 aliphatic carbocycles. The molecule has 0 bridgehead atoms. The molecular formula is C21H27IN4O2. The molecule has 0 aliphatic heterocycles. The van der Waals surface area contributed by atoms with Gasteiger partial charge in [-0.3, -0.25) is 4.99 Å². The van der Waals surface area contributed by atoms with Crippen LogP contribution in [0.3, 0.4) is 0 Å². The van der Waals surface area contributed by atoms with Crippen LogP contribution in [0.15, 0.2) is 47.5 Å². The van der Waals surface area contributed by atoms with Gasteiger partial charge in [-0.25, -0.2) is 0 Å². The fraction of sp³-hybridized carbons (Fsp3) is 0.286. The number of fused-ring (bicyclic) bond motifs is 1. The number of guanidine groups is 1. The molecule has 6 nitrogen and oxygen atoms in total. The van der Waals surface area contributed by atoms with Crippen LogP contribution in [-0.2, 0) is 6.42 Å². The topological polar surface area (TPSA) is 70.7 Å². The fourth-order valence-electron chi connectivity index (χ4n) is 3.19. The van der Waals surface area contributed by atoms with Crippen LogP contribution in [0.2, 0.25) is 0 Å². The van der Waals surface area contributed by atoms with Gasteiger partial charge < -0.3 is 25.1 Å². The number of aliphatic imine (C=N–C) groups is 1. The number of anilines is 1. The summed E-state index contributed by atoms with van der Waals surface area (Å²) in [5, 5.41) is 7.93. The van der Waals surface area contributed by atoms with E-state index in [0.29, 0.717) is 17.5 Å². The van der Waals surface area contributed by atoms with Crippen molar-refractivity contribution in [2.45, 2.75) is 13.3 Å². The highest BCUT2D eigenvalue weighted by Gasteiger charge is 2.09. The molecule has 0 aliphatic rings. The normalized spacial score (nSPS) is 11.1. The van der Waals surface area contributed by atoms with E-state index in [9.17, 15) is 0 Å². The highest BCUT2D eigenvalue weighted by molar-refractivity contribution is 14.0. The Morgan fingerprint density at radius 1 is 1.07 bits per heavy atom. The summed E-state index contributed by atoms with van der Waals surface area (Å²) in [6.45, 7) is 2.89. The van der Waals surface area contributed by atoms with E-state index >= 15 is 0 Å². The maximum atomic E-state index is 5.35. The lowest BCUT2D eigenvalue weighted by Crippen LogP contribution is -2.32. The van der Waals surface area contributed by atoms with E-state index in [1.165, 1.54) is 22.2 Å². The number of halogens is 1. The molecule has 2 aromatic carbocycles. The van der Waals surface area contributed by atoms with Crippen LogP contribution >= 0.6 is 24.0 Å². The van der Waals surface area contributed by atoms with E-state index in [0.717, 1.165) is 18.7 Å². The van der Waals surface area contributed by atoms with E-state index in [2.05, 4.69) is 51.8 Å². The number of benzene rings is 2. The Bertz CT molecular complexity index is 953. The molecule has 0 unspecified atom stereocenters. The first kappa shape index (κ1) is 21.9. The summed E-state index contributed by atoms with van der Waals surface area (Å²) in [6.07, 6.45) is 0.905. The van der Waals surface area contributed by atoms with Crippen LogP contribution in [0, 0.1) is 6.92 Å². The molecule has 0 atom stereocenters. The Kier molecular flexibility index (Phi) is 7.98. The monoisotopic (exact) mass is 494 g/mol. The average molecular weight is 494 g/mol. The van der Waals surface area contributed by atoms with E-state index in [-0.39, 0.29) is 24.0 Å². The zero-order chi connectivity index (χ0) is 19.2. The summed E-state index contributed by atoms with van der Waals surface area (Å²) in [7, 11) is 5.00. The molecule has 3 rings (SSSR count). The van der Waals surface area contributed by atoms with Gasteiger partial charge in [-0.05, 0) is 37.1 Å². The van der Waals surface area contributed by atoms with Crippen LogP contribution in [0.1, 0.15) is 11.3 Å². The van der Waals surface area contributed by atoms with Crippen molar-refractivity contribution in [1.82, 2.24) is 10.3 Å². The van der Waals surface area contributed by atoms with Gasteiger partial charge in [0, 0.05) is 41.9 Å². The van der Waals surface area contributed by atoms with Gasteiger partial charge in [-0.15, -0.1) is 24.0 Å². The molecule has 0 amide bonds. The van der Waals surface area contributed by atoms with Crippen molar-refractivity contribution in [3.63, 3.8) is 0 Å². The van der Waals surface area contributed by atoms with Crippen molar-refractivity contribution in [3.05, 3.63) is 53.7 Å². The van der Waals surface area contributed by atoms with Gasteiger partial charge in [-0.2, -0.15) is 0 Å². The van der Waals surface area contributed by atoms with Gasteiger partial charge >= 0.3 is 0 Å². The number of ether oxygens (including phenoxy) is 2.